The zero-order chi connectivity index (χ0) is 14.8. The maximum atomic E-state index is 5.39. The summed E-state index contributed by atoms with van der Waals surface area (Å²) in [6.07, 6.45) is 0. The summed E-state index contributed by atoms with van der Waals surface area (Å²) < 4.78 is 6.43. The monoisotopic (exact) mass is 345 g/mol. The van der Waals surface area contributed by atoms with Crippen molar-refractivity contribution in [3.8, 4) is 5.75 Å². The predicted octanol–water partition coefficient (Wildman–Crippen LogP) is 4.25. The van der Waals surface area contributed by atoms with Gasteiger partial charge in [-0.1, -0.05) is 15.9 Å². The van der Waals surface area contributed by atoms with Gasteiger partial charge in [-0.2, -0.15) is 0 Å². The van der Waals surface area contributed by atoms with Crippen LogP contribution in [-0.2, 0) is 6.54 Å². The van der Waals surface area contributed by atoms with Crippen LogP contribution in [0.25, 0.3) is 11.0 Å². The number of hydrogen-bond acceptors (Lipinski definition) is 3. The number of H-pyrrole nitrogens is 1. The number of anilines is 1. The van der Waals surface area contributed by atoms with Gasteiger partial charge in [0.05, 0.1) is 18.1 Å². The van der Waals surface area contributed by atoms with Gasteiger partial charge in [-0.05, 0) is 43.3 Å². The Labute approximate surface area is 131 Å². The Morgan fingerprint density at radius 1 is 1.24 bits per heavy atom. The zero-order valence-electron chi connectivity index (χ0n) is 11.9. The molecule has 0 amide bonds. The topological polar surface area (TPSA) is 49.9 Å². The van der Waals surface area contributed by atoms with E-state index in [1.54, 1.807) is 7.11 Å². The van der Waals surface area contributed by atoms with E-state index in [9.17, 15) is 0 Å². The molecular formula is C16H16BrN3O. The summed E-state index contributed by atoms with van der Waals surface area (Å²) in [7, 11) is 1.69. The summed E-state index contributed by atoms with van der Waals surface area (Å²) in [6.45, 7) is 2.65. The first-order chi connectivity index (χ1) is 10.2. The van der Waals surface area contributed by atoms with Gasteiger partial charge in [-0.3, -0.25) is 0 Å². The lowest BCUT2D eigenvalue weighted by Crippen LogP contribution is -2.01. The molecule has 0 unspecified atom stereocenters. The van der Waals surface area contributed by atoms with E-state index in [2.05, 4.69) is 43.3 Å². The summed E-state index contributed by atoms with van der Waals surface area (Å²) >= 11 is 3.49. The van der Waals surface area contributed by atoms with Crippen LogP contribution in [0.4, 0.5) is 5.69 Å². The van der Waals surface area contributed by atoms with Crippen LogP contribution in [-0.4, -0.2) is 17.1 Å². The summed E-state index contributed by atoms with van der Waals surface area (Å²) in [4.78, 5) is 7.65. The molecule has 3 aromatic rings. The number of hydrogen-bond donors (Lipinski definition) is 2. The second kappa shape index (κ2) is 5.77. The van der Waals surface area contributed by atoms with Crippen molar-refractivity contribution in [1.82, 2.24) is 9.97 Å². The second-order valence-electron chi connectivity index (χ2n) is 4.86. The molecule has 0 fully saturated rings. The average molecular weight is 346 g/mol. The lowest BCUT2D eigenvalue weighted by atomic mass is 10.2. The molecule has 2 N–H and O–H groups in total. The van der Waals surface area contributed by atoms with Gasteiger partial charge >= 0.3 is 0 Å². The molecule has 21 heavy (non-hydrogen) atoms. The third-order valence-electron chi connectivity index (χ3n) is 3.33. The highest BCUT2D eigenvalue weighted by Crippen LogP contribution is 2.24. The summed E-state index contributed by atoms with van der Waals surface area (Å²) in [5.41, 5.74) is 4.18. The minimum Gasteiger partial charge on any atom is -0.496 e. The number of benzene rings is 2. The third-order valence-corrected chi connectivity index (χ3v) is 3.82. The fraction of sp³-hybridized carbons (Fsp3) is 0.188. The number of nitrogens with one attached hydrogen (secondary N) is 2. The number of methoxy groups -OCH3 is 1. The first kappa shape index (κ1) is 13.9. The maximum Gasteiger partial charge on any atom is 0.123 e. The number of aryl methyl sites for hydroxylation is 1. The maximum absolute atomic E-state index is 5.39. The molecule has 0 aliphatic carbocycles. The van der Waals surface area contributed by atoms with E-state index in [1.807, 2.05) is 31.2 Å². The summed E-state index contributed by atoms with van der Waals surface area (Å²) in [5, 5.41) is 3.42. The van der Waals surface area contributed by atoms with Crippen LogP contribution in [0.2, 0.25) is 0 Å². The highest BCUT2D eigenvalue weighted by atomic mass is 79.9. The first-order valence-corrected chi connectivity index (χ1v) is 7.47. The molecule has 0 aliphatic heterocycles. The van der Waals surface area contributed by atoms with Crippen molar-refractivity contribution in [3.05, 3.63) is 52.3 Å². The average Bonchev–Trinajstić information content (AvgIpc) is 2.84. The number of rotatable bonds is 4. The van der Waals surface area contributed by atoms with Gasteiger partial charge in [0.2, 0.25) is 0 Å². The summed E-state index contributed by atoms with van der Waals surface area (Å²) in [5.74, 6) is 1.81. The molecule has 0 bridgehead atoms. The zero-order valence-corrected chi connectivity index (χ0v) is 13.5. The van der Waals surface area contributed by atoms with Crippen LogP contribution in [0.3, 0.4) is 0 Å². The van der Waals surface area contributed by atoms with Crippen molar-refractivity contribution in [3.63, 3.8) is 0 Å². The van der Waals surface area contributed by atoms with E-state index in [-0.39, 0.29) is 0 Å². The van der Waals surface area contributed by atoms with Gasteiger partial charge in [-0.15, -0.1) is 0 Å². The molecule has 1 heterocycles. The molecule has 0 radical (unpaired) electrons. The lowest BCUT2D eigenvalue weighted by molar-refractivity contribution is 0.410. The second-order valence-corrected chi connectivity index (χ2v) is 5.78. The molecule has 5 heteroatoms. The Balaban J connectivity index is 1.81. The van der Waals surface area contributed by atoms with Crippen molar-refractivity contribution < 1.29 is 4.74 Å². The van der Waals surface area contributed by atoms with Crippen molar-refractivity contribution in [2.45, 2.75) is 13.5 Å². The SMILES string of the molecule is COc1ccc(Br)cc1CNc1ccc2nc(C)[nH]c2c1. The highest BCUT2D eigenvalue weighted by molar-refractivity contribution is 9.10. The number of aromatic amines is 1. The van der Waals surface area contributed by atoms with E-state index < -0.39 is 0 Å². The van der Waals surface area contributed by atoms with Crippen LogP contribution < -0.4 is 10.1 Å². The lowest BCUT2D eigenvalue weighted by Gasteiger charge is -2.11. The number of fused-ring (bicyclic) bond motifs is 1. The van der Waals surface area contributed by atoms with Crippen LogP contribution in [0.15, 0.2) is 40.9 Å². The molecule has 0 saturated carbocycles. The summed E-state index contributed by atoms with van der Waals surface area (Å²) in [6, 6.07) is 12.1. The molecule has 0 saturated heterocycles. The molecule has 4 nitrogen and oxygen atoms in total. The Bertz CT molecular complexity index is 782. The molecular weight excluding hydrogens is 330 g/mol. The molecule has 0 aliphatic rings. The molecule has 2 aromatic carbocycles. The molecule has 3 rings (SSSR count). The van der Waals surface area contributed by atoms with E-state index in [0.717, 1.165) is 38.3 Å². The number of aromatic nitrogens is 2. The fourth-order valence-electron chi connectivity index (χ4n) is 2.33. The smallest absolute Gasteiger partial charge is 0.123 e. The molecule has 108 valence electrons. The highest BCUT2D eigenvalue weighted by Gasteiger charge is 2.05. The van der Waals surface area contributed by atoms with Crippen LogP contribution in [0, 0.1) is 6.92 Å². The van der Waals surface area contributed by atoms with Crippen LogP contribution in [0.1, 0.15) is 11.4 Å². The number of nitrogens with zero attached hydrogens (tertiary/aromatic N) is 1. The standard InChI is InChI=1S/C16H16BrN3O/c1-10-19-14-5-4-13(8-15(14)20-10)18-9-11-7-12(17)3-6-16(11)21-2/h3-8,18H,9H2,1-2H3,(H,19,20). The molecule has 0 atom stereocenters. The van der Waals surface area contributed by atoms with E-state index in [4.69, 9.17) is 4.74 Å². The van der Waals surface area contributed by atoms with Gasteiger partial charge in [0.1, 0.15) is 11.6 Å². The van der Waals surface area contributed by atoms with Crippen molar-refractivity contribution in [1.29, 1.82) is 0 Å². The van der Waals surface area contributed by atoms with Gasteiger partial charge in [0.25, 0.3) is 0 Å². The van der Waals surface area contributed by atoms with Gasteiger partial charge in [-0.25, -0.2) is 4.98 Å². The quantitative estimate of drug-likeness (QED) is 0.742. The normalized spacial score (nSPS) is 10.8. The minimum atomic E-state index is 0.696. The van der Waals surface area contributed by atoms with E-state index in [1.165, 1.54) is 0 Å². The predicted molar refractivity (Wildman–Crippen MR) is 88.9 cm³/mol. The number of ether oxygens (including phenoxy) is 1. The molecule has 0 spiro atoms. The fourth-order valence-corrected chi connectivity index (χ4v) is 2.74. The van der Waals surface area contributed by atoms with Crippen molar-refractivity contribution in [2.24, 2.45) is 0 Å². The third kappa shape index (κ3) is 3.03. The Morgan fingerprint density at radius 3 is 2.90 bits per heavy atom. The van der Waals surface area contributed by atoms with Gasteiger partial charge in [0.15, 0.2) is 0 Å². The van der Waals surface area contributed by atoms with Crippen molar-refractivity contribution in [2.75, 3.05) is 12.4 Å². The number of imidazole rings is 1. The molecule has 1 aromatic heterocycles. The minimum absolute atomic E-state index is 0.696. The van der Waals surface area contributed by atoms with Crippen LogP contribution in [0.5, 0.6) is 5.75 Å². The van der Waals surface area contributed by atoms with Gasteiger partial charge < -0.3 is 15.0 Å². The van der Waals surface area contributed by atoms with Crippen molar-refractivity contribution >= 4 is 32.7 Å². The van der Waals surface area contributed by atoms with Crippen LogP contribution >= 0.6 is 15.9 Å². The van der Waals surface area contributed by atoms with E-state index >= 15 is 0 Å². The number of halogens is 1. The Kier molecular flexibility index (Phi) is 3.84. The Morgan fingerprint density at radius 2 is 2.10 bits per heavy atom. The first-order valence-electron chi connectivity index (χ1n) is 6.68. The van der Waals surface area contributed by atoms with E-state index in [0.29, 0.717) is 6.54 Å². The van der Waals surface area contributed by atoms with Gasteiger partial charge in [0, 0.05) is 22.3 Å². The Hall–Kier alpha value is -2.01. The largest absolute Gasteiger partial charge is 0.496 e.